The summed E-state index contributed by atoms with van der Waals surface area (Å²) in [6.45, 7) is 4.89. The molecule has 6 amide bonds. The zero-order chi connectivity index (χ0) is 42.7. The SMILES string of the molecule is COC(=O)[C@H](CO)NC(=O)[C@H](CCCC[N+](C)(C)C)NC(=O)[C@H](CC(C)C)NC(=O)[C@H](C)NC(=O)[C@H](Cc1ccccc1)N(C)C(=O)CNC(=O)c1ccccc1. The number of nitrogens with one attached hydrogen (secondary N) is 5. The fourth-order valence-corrected chi connectivity index (χ4v) is 5.83. The Morgan fingerprint density at radius 2 is 1.30 bits per heavy atom. The summed E-state index contributed by atoms with van der Waals surface area (Å²) in [4.78, 5) is 93.7. The van der Waals surface area contributed by atoms with Crippen molar-refractivity contribution in [3.05, 3.63) is 71.8 Å². The summed E-state index contributed by atoms with van der Waals surface area (Å²) in [6.07, 6.45) is 1.82. The van der Waals surface area contributed by atoms with Gasteiger partial charge in [0.1, 0.15) is 24.2 Å². The lowest BCUT2D eigenvalue weighted by Crippen LogP contribution is -2.59. The molecule has 6 N–H and O–H groups in total. The van der Waals surface area contributed by atoms with Crippen LogP contribution in [0.15, 0.2) is 60.7 Å². The van der Waals surface area contributed by atoms with Gasteiger partial charge in [-0.05, 0) is 56.2 Å². The van der Waals surface area contributed by atoms with E-state index in [9.17, 15) is 38.7 Å². The van der Waals surface area contributed by atoms with Crippen LogP contribution in [0.25, 0.3) is 0 Å². The Balaban J connectivity index is 2.21. The number of hydrogen-bond acceptors (Lipinski definition) is 9. The van der Waals surface area contributed by atoms with Crippen molar-refractivity contribution in [1.29, 1.82) is 0 Å². The Hall–Kier alpha value is -5.35. The number of amides is 6. The van der Waals surface area contributed by atoms with Gasteiger partial charge in [0, 0.05) is 19.0 Å². The summed E-state index contributed by atoms with van der Waals surface area (Å²) in [5.74, 6) is -4.56. The fraction of sp³-hybridized carbons (Fsp3) is 0.537. The van der Waals surface area contributed by atoms with Crippen LogP contribution in [-0.4, -0.2) is 141 Å². The number of rotatable bonds is 23. The average molecular weight is 797 g/mol. The number of aliphatic hydroxyl groups is 1. The molecule has 0 spiro atoms. The van der Waals surface area contributed by atoms with Crippen molar-refractivity contribution in [2.45, 2.75) is 83.1 Å². The summed E-state index contributed by atoms with van der Waals surface area (Å²) < 4.78 is 5.36. The van der Waals surface area contributed by atoms with E-state index in [0.29, 0.717) is 16.5 Å². The highest BCUT2D eigenvalue weighted by molar-refractivity contribution is 5.98. The predicted molar refractivity (Wildman–Crippen MR) is 214 cm³/mol. The third-order valence-corrected chi connectivity index (χ3v) is 9.15. The first-order valence-corrected chi connectivity index (χ1v) is 19.2. The second kappa shape index (κ2) is 23.7. The number of quaternary nitrogens is 1. The molecule has 16 nitrogen and oxygen atoms in total. The molecule has 0 aliphatic heterocycles. The van der Waals surface area contributed by atoms with E-state index >= 15 is 0 Å². The number of nitrogens with zero attached hydrogens (tertiary/aromatic N) is 2. The van der Waals surface area contributed by atoms with Crippen LogP contribution < -0.4 is 26.6 Å². The van der Waals surface area contributed by atoms with E-state index in [1.807, 2.05) is 41.1 Å². The molecule has 0 aliphatic rings. The Morgan fingerprint density at radius 3 is 1.86 bits per heavy atom. The van der Waals surface area contributed by atoms with Crippen molar-refractivity contribution >= 4 is 41.4 Å². The third-order valence-electron chi connectivity index (χ3n) is 9.15. The number of likely N-dealkylation sites (N-methyl/N-ethyl adjacent to an activating group) is 1. The number of ether oxygens (including phenoxy) is 1. The van der Waals surface area contributed by atoms with E-state index in [-0.39, 0.29) is 31.7 Å². The molecule has 5 atom stereocenters. The molecule has 2 aromatic carbocycles. The summed E-state index contributed by atoms with van der Waals surface area (Å²) in [6, 6.07) is 11.6. The molecule has 2 rings (SSSR count). The molecule has 2 aromatic rings. The summed E-state index contributed by atoms with van der Waals surface area (Å²) in [5.41, 5.74) is 1.13. The first-order valence-electron chi connectivity index (χ1n) is 19.2. The summed E-state index contributed by atoms with van der Waals surface area (Å²) in [7, 11) is 8.67. The van der Waals surface area contributed by atoms with Gasteiger partial charge in [0.2, 0.25) is 29.5 Å². The number of methoxy groups -OCH3 is 1. The number of carbonyl (C=O) groups excluding carboxylic acids is 7. The number of aliphatic hydroxyl groups excluding tert-OH is 1. The van der Waals surface area contributed by atoms with Gasteiger partial charge in [-0.15, -0.1) is 0 Å². The Bertz CT molecular complexity index is 1630. The first-order chi connectivity index (χ1) is 26.9. The van der Waals surface area contributed by atoms with E-state index in [1.165, 1.54) is 18.9 Å². The van der Waals surface area contributed by atoms with Crippen molar-refractivity contribution in [2.75, 3.05) is 55.0 Å². The molecule has 0 saturated heterocycles. The molecule has 0 fully saturated rings. The van der Waals surface area contributed by atoms with Gasteiger partial charge >= 0.3 is 5.97 Å². The number of unbranched alkanes of at least 4 members (excludes halogenated alkanes) is 1. The maximum Gasteiger partial charge on any atom is 0.330 e. The number of benzene rings is 2. The molecule has 57 heavy (non-hydrogen) atoms. The normalized spacial score (nSPS) is 13.9. The smallest absolute Gasteiger partial charge is 0.330 e. The second-order valence-electron chi connectivity index (χ2n) is 15.5. The highest BCUT2D eigenvalue weighted by atomic mass is 16.5. The third kappa shape index (κ3) is 17.1. The first kappa shape index (κ1) is 47.8. The van der Waals surface area contributed by atoms with E-state index < -0.39 is 78.2 Å². The topological polar surface area (TPSA) is 212 Å². The minimum Gasteiger partial charge on any atom is -0.467 e. The van der Waals surface area contributed by atoms with Crippen molar-refractivity contribution in [3.8, 4) is 0 Å². The van der Waals surface area contributed by atoms with Crippen molar-refractivity contribution < 1.29 is 47.9 Å². The van der Waals surface area contributed by atoms with Crippen LogP contribution in [0, 0.1) is 5.92 Å². The molecule has 0 radical (unpaired) electrons. The maximum absolute atomic E-state index is 13.8. The van der Waals surface area contributed by atoms with Crippen LogP contribution in [0.5, 0.6) is 0 Å². The second-order valence-corrected chi connectivity index (χ2v) is 15.5. The Kier molecular flexibility index (Phi) is 19.8. The van der Waals surface area contributed by atoms with Gasteiger partial charge in [-0.25, -0.2) is 4.79 Å². The molecule has 0 bridgehead atoms. The van der Waals surface area contributed by atoms with E-state index in [4.69, 9.17) is 0 Å². The molecule has 0 unspecified atom stereocenters. The van der Waals surface area contributed by atoms with Gasteiger partial charge in [0.15, 0.2) is 6.04 Å². The zero-order valence-electron chi connectivity index (χ0n) is 34.5. The minimum atomic E-state index is -1.34. The van der Waals surface area contributed by atoms with Crippen molar-refractivity contribution in [3.63, 3.8) is 0 Å². The lowest BCUT2D eigenvalue weighted by atomic mass is 10.0. The van der Waals surface area contributed by atoms with Crippen LogP contribution in [0.3, 0.4) is 0 Å². The Morgan fingerprint density at radius 1 is 0.737 bits per heavy atom. The van der Waals surface area contributed by atoms with Gasteiger partial charge in [0.25, 0.3) is 5.91 Å². The maximum atomic E-state index is 13.8. The number of carbonyl (C=O) groups is 7. The molecule has 16 heteroatoms. The minimum absolute atomic E-state index is 0.0711. The molecule has 0 aliphatic carbocycles. The summed E-state index contributed by atoms with van der Waals surface area (Å²) in [5, 5.41) is 22.8. The molecule has 0 heterocycles. The van der Waals surface area contributed by atoms with Gasteiger partial charge in [-0.2, -0.15) is 0 Å². The van der Waals surface area contributed by atoms with Crippen LogP contribution in [-0.2, 0) is 39.9 Å². The predicted octanol–water partition coefficient (Wildman–Crippen LogP) is 0.533. The van der Waals surface area contributed by atoms with Gasteiger partial charge in [0.05, 0.1) is 47.9 Å². The lowest BCUT2D eigenvalue weighted by Gasteiger charge is -2.29. The standard InChI is InChI=1S/C41H61N7O9/c1-27(2)23-32(39(54)44-31(21-15-16-22-48(5,6)7)38(53)46-33(26-49)41(56)57-8)45-36(51)28(3)43-40(55)34(24-29-17-11-9-12-18-29)47(4)35(50)25-42-37(52)30-19-13-10-14-20-30/h9-14,17-20,27-28,31-34,49H,15-16,21-26H2,1-8H3,(H4-,42,43,44,45,46,51,52,53,54,55)/p+1/t28-,31-,32-,33-,34-/m0/s1. The van der Waals surface area contributed by atoms with E-state index in [2.05, 4.69) is 31.3 Å². The Labute approximate surface area is 336 Å². The van der Waals surface area contributed by atoms with Gasteiger partial charge in [-0.1, -0.05) is 62.4 Å². The molecular formula is C41H62N7O9+. The van der Waals surface area contributed by atoms with Crippen LogP contribution in [0.2, 0.25) is 0 Å². The van der Waals surface area contributed by atoms with Crippen molar-refractivity contribution in [2.24, 2.45) is 5.92 Å². The number of esters is 1. The van der Waals surface area contributed by atoms with E-state index in [0.717, 1.165) is 25.6 Å². The average Bonchev–Trinajstić information content (AvgIpc) is 3.17. The highest BCUT2D eigenvalue weighted by Gasteiger charge is 2.33. The highest BCUT2D eigenvalue weighted by Crippen LogP contribution is 2.12. The molecule has 0 aromatic heterocycles. The summed E-state index contributed by atoms with van der Waals surface area (Å²) >= 11 is 0. The van der Waals surface area contributed by atoms with Crippen LogP contribution in [0.1, 0.15) is 62.4 Å². The number of hydrogen-bond donors (Lipinski definition) is 6. The van der Waals surface area contributed by atoms with E-state index in [1.54, 1.807) is 54.6 Å². The fourth-order valence-electron chi connectivity index (χ4n) is 5.83. The molecule has 314 valence electrons. The quantitative estimate of drug-likeness (QED) is 0.0526. The lowest BCUT2D eigenvalue weighted by molar-refractivity contribution is -0.870. The monoisotopic (exact) mass is 796 g/mol. The van der Waals surface area contributed by atoms with Gasteiger partial charge < -0.3 is 45.8 Å². The van der Waals surface area contributed by atoms with Crippen molar-refractivity contribution in [1.82, 2.24) is 31.5 Å². The zero-order valence-corrected chi connectivity index (χ0v) is 34.5. The molecular weight excluding hydrogens is 734 g/mol. The van der Waals surface area contributed by atoms with Crippen LogP contribution in [0.4, 0.5) is 0 Å². The largest absolute Gasteiger partial charge is 0.467 e. The molecule has 0 saturated carbocycles. The van der Waals surface area contributed by atoms with Gasteiger partial charge in [-0.3, -0.25) is 28.8 Å². The van der Waals surface area contributed by atoms with Crippen LogP contribution >= 0.6 is 0 Å².